The van der Waals surface area contributed by atoms with Crippen molar-refractivity contribution in [2.75, 3.05) is 7.05 Å². The molecule has 1 amide bonds. The van der Waals surface area contributed by atoms with E-state index in [2.05, 4.69) is 9.97 Å². The van der Waals surface area contributed by atoms with Gasteiger partial charge in [0.15, 0.2) is 5.69 Å². The summed E-state index contributed by atoms with van der Waals surface area (Å²) in [6.45, 7) is 2.15. The highest BCUT2D eigenvalue weighted by Gasteiger charge is 2.22. The predicted octanol–water partition coefficient (Wildman–Crippen LogP) is 3.38. The van der Waals surface area contributed by atoms with Gasteiger partial charge in [-0.25, -0.2) is 4.98 Å². The highest BCUT2D eigenvalue weighted by Crippen LogP contribution is 2.20. The van der Waals surface area contributed by atoms with Crippen LogP contribution >= 0.6 is 11.6 Å². The quantitative estimate of drug-likeness (QED) is 0.723. The fourth-order valence-corrected chi connectivity index (χ4v) is 2.81. The molecular formula is C20H18ClN3O3. The van der Waals surface area contributed by atoms with E-state index in [1.54, 1.807) is 37.4 Å². The molecule has 27 heavy (non-hydrogen) atoms. The van der Waals surface area contributed by atoms with Gasteiger partial charge in [-0.15, -0.1) is 0 Å². The molecule has 3 aromatic rings. The van der Waals surface area contributed by atoms with E-state index >= 15 is 0 Å². The van der Waals surface area contributed by atoms with Gasteiger partial charge in [-0.05, 0) is 24.1 Å². The number of hydrogen-bond donors (Lipinski definition) is 2. The maximum atomic E-state index is 12.8. The Balaban J connectivity index is 1.92. The number of carbonyl (C=O) groups is 1. The largest absolute Gasteiger partial charge is 0.501 e. The third kappa shape index (κ3) is 4.01. The molecule has 6 nitrogen and oxygen atoms in total. The lowest BCUT2D eigenvalue weighted by atomic mass is 10.1. The molecule has 1 heterocycles. The van der Waals surface area contributed by atoms with Gasteiger partial charge in [0.1, 0.15) is 5.82 Å². The van der Waals surface area contributed by atoms with Crippen LogP contribution in [0.2, 0.25) is 5.02 Å². The molecule has 1 aromatic heterocycles. The standard InChI is InChI=1S/C20H18ClN3O3/c1-12-8-9-13(10-15(12)21)11-24(2)20(27)16-17(25)19(26)23-18(22-16)14-6-4-3-5-7-14/h3-10,25H,11H2,1-2H3,(H,22,23,26). The number of aromatic hydroxyl groups is 1. The van der Waals surface area contributed by atoms with Gasteiger partial charge in [0.2, 0.25) is 5.75 Å². The van der Waals surface area contributed by atoms with Crippen molar-refractivity contribution in [3.8, 4) is 17.1 Å². The van der Waals surface area contributed by atoms with Gasteiger partial charge >= 0.3 is 0 Å². The van der Waals surface area contributed by atoms with E-state index in [0.29, 0.717) is 10.6 Å². The van der Waals surface area contributed by atoms with E-state index in [1.807, 2.05) is 25.1 Å². The van der Waals surface area contributed by atoms with E-state index in [4.69, 9.17) is 11.6 Å². The first kappa shape index (κ1) is 18.7. The molecular weight excluding hydrogens is 366 g/mol. The zero-order chi connectivity index (χ0) is 19.6. The molecule has 0 aliphatic heterocycles. The minimum atomic E-state index is -0.765. The minimum Gasteiger partial charge on any atom is -0.501 e. The highest BCUT2D eigenvalue weighted by molar-refractivity contribution is 6.31. The van der Waals surface area contributed by atoms with E-state index < -0.39 is 17.2 Å². The summed E-state index contributed by atoms with van der Waals surface area (Å²) in [5.41, 5.74) is 1.35. The fourth-order valence-electron chi connectivity index (χ4n) is 2.61. The number of aromatic amines is 1. The van der Waals surface area contributed by atoms with E-state index in [9.17, 15) is 14.7 Å². The van der Waals surface area contributed by atoms with Crippen molar-refractivity contribution in [3.63, 3.8) is 0 Å². The summed E-state index contributed by atoms with van der Waals surface area (Å²) in [6.07, 6.45) is 0. The minimum absolute atomic E-state index is 0.216. The highest BCUT2D eigenvalue weighted by atomic mass is 35.5. The number of nitrogens with one attached hydrogen (secondary N) is 1. The third-order valence-corrected chi connectivity index (χ3v) is 4.55. The summed E-state index contributed by atoms with van der Waals surface area (Å²) in [4.78, 5) is 32.9. The Hall–Kier alpha value is -3.12. The average Bonchev–Trinajstić information content (AvgIpc) is 2.67. The number of H-pyrrole nitrogens is 1. The molecule has 0 bridgehead atoms. The average molecular weight is 384 g/mol. The molecule has 0 fully saturated rings. The molecule has 0 unspecified atom stereocenters. The van der Waals surface area contributed by atoms with Crippen molar-refractivity contribution in [2.24, 2.45) is 0 Å². The monoisotopic (exact) mass is 383 g/mol. The summed E-state index contributed by atoms with van der Waals surface area (Å²) in [7, 11) is 1.57. The van der Waals surface area contributed by atoms with Crippen molar-refractivity contribution in [1.29, 1.82) is 0 Å². The first-order valence-corrected chi connectivity index (χ1v) is 8.64. The lowest BCUT2D eigenvalue weighted by Crippen LogP contribution is -2.29. The summed E-state index contributed by atoms with van der Waals surface area (Å²) >= 11 is 6.13. The van der Waals surface area contributed by atoms with Crippen molar-refractivity contribution in [2.45, 2.75) is 13.5 Å². The SMILES string of the molecule is Cc1ccc(CN(C)C(=O)c2nc(-c3ccccc3)[nH]c(=O)c2O)cc1Cl. The molecule has 0 aliphatic rings. The number of hydrogen-bond acceptors (Lipinski definition) is 4. The maximum Gasteiger partial charge on any atom is 0.294 e. The van der Waals surface area contributed by atoms with Gasteiger partial charge in [0, 0.05) is 24.2 Å². The second-order valence-electron chi connectivity index (χ2n) is 6.22. The Labute approximate surface area is 161 Å². The summed E-state index contributed by atoms with van der Waals surface area (Å²) in [6, 6.07) is 14.4. The Morgan fingerprint density at radius 3 is 2.59 bits per heavy atom. The van der Waals surface area contributed by atoms with Crippen LogP contribution < -0.4 is 5.56 Å². The Kier molecular flexibility index (Phi) is 5.28. The van der Waals surface area contributed by atoms with Gasteiger partial charge in [-0.1, -0.05) is 54.1 Å². The Morgan fingerprint density at radius 2 is 1.93 bits per heavy atom. The zero-order valence-electron chi connectivity index (χ0n) is 14.9. The van der Waals surface area contributed by atoms with Gasteiger partial charge < -0.3 is 15.0 Å². The summed E-state index contributed by atoms with van der Waals surface area (Å²) < 4.78 is 0. The maximum absolute atomic E-state index is 12.8. The second kappa shape index (κ2) is 7.63. The topological polar surface area (TPSA) is 86.3 Å². The number of aromatic nitrogens is 2. The fraction of sp³-hybridized carbons (Fsp3) is 0.150. The van der Waals surface area contributed by atoms with Gasteiger partial charge in [-0.3, -0.25) is 9.59 Å². The molecule has 0 atom stereocenters. The van der Waals surface area contributed by atoms with E-state index in [0.717, 1.165) is 11.1 Å². The molecule has 2 N–H and O–H groups in total. The Morgan fingerprint density at radius 1 is 1.22 bits per heavy atom. The number of carbonyl (C=O) groups excluding carboxylic acids is 1. The zero-order valence-corrected chi connectivity index (χ0v) is 15.6. The second-order valence-corrected chi connectivity index (χ2v) is 6.63. The molecule has 138 valence electrons. The van der Waals surface area contributed by atoms with Crippen molar-refractivity contribution >= 4 is 17.5 Å². The van der Waals surface area contributed by atoms with Crippen LogP contribution in [0.3, 0.4) is 0 Å². The van der Waals surface area contributed by atoms with Crippen LogP contribution in [0.1, 0.15) is 21.6 Å². The first-order chi connectivity index (χ1) is 12.9. The summed E-state index contributed by atoms with van der Waals surface area (Å²) in [5.74, 6) is -1.05. The molecule has 2 aromatic carbocycles. The molecule has 3 rings (SSSR count). The molecule has 0 aliphatic carbocycles. The molecule has 0 radical (unpaired) electrons. The van der Waals surface area contributed by atoms with Crippen LogP contribution in [0, 0.1) is 6.92 Å². The lowest BCUT2D eigenvalue weighted by molar-refractivity contribution is 0.0775. The first-order valence-electron chi connectivity index (χ1n) is 8.26. The molecule has 0 saturated carbocycles. The van der Waals surface area contributed by atoms with Crippen molar-refractivity contribution < 1.29 is 9.90 Å². The normalized spacial score (nSPS) is 10.6. The van der Waals surface area contributed by atoms with Crippen LogP contribution in [-0.2, 0) is 6.54 Å². The smallest absolute Gasteiger partial charge is 0.294 e. The molecule has 7 heteroatoms. The van der Waals surface area contributed by atoms with E-state index in [-0.39, 0.29) is 18.1 Å². The van der Waals surface area contributed by atoms with E-state index in [1.165, 1.54) is 4.90 Å². The van der Waals surface area contributed by atoms with Crippen molar-refractivity contribution in [3.05, 3.63) is 80.7 Å². The number of amides is 1. The van der Waals surface area contributed by atoms with Crippen molar-refractivity contribution in [1.82, 2.24) is 14.9 Å². The number of aryl methyl sites for hydroxylation is 1. The molecule has 0 spiro atoms. The number of benzene rings is 2. The Bertz CT molecular complexity index is 1050. The predicted molar refractivity (Wildman–Crippen MR) is 104 cm³/mol. The van der Waals surface area contributed by atoms with Crippen LogP contribution in [-0.4, -0.2) is 32.9 Å². The van der Waals surface area contributed by atoms with Gasteiger partial charge in [0.25, 0.3) is 11.5 Å². The number of rotatable bonds is 4. The van der Waals surface area contributed by atoms with Gasteiger partial charge in [0.05, 0.1) is 0 Å². The molecule has 0 saturated heterocycles. The van der Waals surface area contributed by atoms with Gasteiger partial charge in [-0.2, -0.15) is 0 Å². The third-order valence-electron chi connectivity index (χ3n) is 4.15. The lowest BCUT2D eigenvalue weighted by Gasteiger charge is -2.18. The summed E-state index contributed by atoms with van der Waals surface area (Å²) in [5, 5.41) is 10.7. The number of nitrogens with zero attached hydrogens (tertiary/aromatic N) is 2. The van der Waals surface area contributed by atoms with Crippen LogP contribution in [0.5, 0.6) is 5.75 Å². The van der Waals surface area contributed by atoms with Crippen LogP contribution in [0.25, 0.3) is 11.4 Å². The number of halogens is 1. The van der Waals surface area contributed by atoms with Crippen LogP contribution in [0.15, 0.2) is 53.3 Å². The van der Waals surface area contributed by atoms with Crippen LogP contribution in [0.4, 0.5) is 0 Å².